The van der Waals surface area contributed by atoms with Gasteiger partial charge in [0.25, 0.3) is 5.91 Å². The number of aliphatic hydroxyl groups is 1. The molecule has 1 atom stereocenters. The molecule has 1 aromatic carbocycles. The molecule has 108 valence electrons. The van der Waals surface area contributed by atoms with Crippen molar-refractivity contribution in [1.82, 2.24) is 10.6 Å². The molecule has 0 aliphatic carbocycles. The van der Waals surface area contributed by atoms with E-state index in [2.05, 4.69) is 5.32 Å². The van der Waals surface area contributed by atoms with Crippen LogP contribution >= 0.6 is 0 Å². The predicted molar refractivity (Wildman–Crippen MR) is 72.6 cm³/mol. The molecule has 0 saturated carbocycles. The fourth-order valence-electron chi connectivity index (χ4n) is 1.39. The highest BCUT2D eigenvalue weighted by Gasteiger charge is 2.19. The SMILES string of the molecule is CCC(CO)NC(=O)C(=O)NC(=O)c1ccc(N)cc1. The van der Waals surface area contributed by atoms with Crippen LogP contribution in [0.25, 0.3) is 0 Å². The lowest BCUT2D eigenvalue weighted by Crippen LogP contribution is -2.47. The van der Waals surface area contributed by atoms with E-state index >= 15 is 0 Å². The summed E-state index contributed by atoms with van der Waals surface area (Å²) >= 11 is 0. The minimum atomic E-state index is -1.07. The topological polar surface area (TPSA) is 122 Å². The number of amides is 3. The third-order valence-electron chi connectivity index (χ3n) is 2.65. The van der Waals surface area contributed by atoms with Crippen molar-refractivity contribution in [2.24, 2.45) is 0 Å². The smallest absolute Gasteiger partial charge is 0.316 e. The van der Waals surface area contributed by atoms with Crippen molar-refractivity contribution in [3.8, 4) is 0 Å². The van der Waals surface area contributed by atoms with Gasteiger partial charge in [-0.05, 0) is 30.7 Å². The van der Waals surface area contributed by atoms with Gasteiger partial charge in [-0.1, -0.05) is 6.92 Å². The zero-order chi connectivity index (χ0) is 15.1. The molecule has 3 amide bonds. The lowest BCUT2D eigenvalue weighted by Gasteiger charge is -2.13. The maximum absolute atomic E-state index is 11.7. The number of carbonyl (C=O) groups excluding carboxylic acids is 3. The average molecular weight is 279 g/mol. The van der Waals surface area contributed by atoms with Crippen molar-refractivity contribution in [3.63, 3.8) is 0 Å². The number of anilines is 1. The summed E-state index contributed by atoms with van der Waals surface area (Å²) in [6.07, 6.45) is 0.474. The van der Waals surface area contributed by atoms with Gasteiger partial charge in [-0.15, -0.1) is 0 Å². The van der Waals surface area contributed by atoms with E-state index in [1.54, 1.807) is 6.92 Å². The van der Waals surface area contributed by atoms with Crippen LogP contribution in [0.4, 0.5) is 5.69 Å². The van der Waals surface area contributed by atoms with E-state index in [0.29, 0.717) is 12.1 Å². The lowest BCUT2D eigenvalue weighted by molar-refractivity contribution is -0.139. The van der Waals surface area contributed by atoms with Gasteiger partial charge in [0.2, 0.25) is 0 Å². The fourth-order valence-corrected chi connectivity index (χ4v) is 1.39. The first-order valence-corrected chi connectivity index (χ1v) is 6.10. The molecule has 20 heavy (non-hydrogen) atoms. The van der Waals surface area contributed by atoms with Gasteiger partial charge in [0.05, 0.1) is 12.6 Å². The Labute approximate surface area is 116 Å². The second kappa shape index (κ2) is 7.25. The molecule has 0 aliphatic rings. The molecule has 7 nitrogen and oxygen atoms in total. The minimum Gasteiger partial charge on any atom is -0.399 e. The van der Waals surface area contributed by atoms with Crippen molar-refractivity contribution >= 4 is 23.4 Å². The van der Waals surface area contributed by atoms with Crippen LogP contribution in [0, 0.1) is 0 Å². The standard InChI is InChI=1S/C13H17N3O4/c1-2-10(7-17)15-12(19)13(20)16-11(18)8-3-5-9(14)6-4-8/h3-6,10,17H,2,7,14H2,1H3,(H,15,19)(H,16,18,20). The third-order valence-corrected chi connectivity index (χ3v) is 2.65. The quantitative estimate of drug-likeness (QED) is 0.433. The number of nitrogens with one attached hydrogen (secondary N) is 2. The fraction of sp³-hybridized carbons (Fsp3) is 0.308. The van der Waals surface area contributed by atoms with E-state index in [0.717, 1.165) is 0 Å². The predicted octanol–water partition coefficient (Wildman–Crippen LogP) is -0.588. The van der Waals surface area contributed by atoms with Gasteiger partial charge in [-0.25, -0.2) is 0 Å². The zero-order valence-electron chi connectivity index (χ0n) is 11.1. The molecule has 0 aromatic heterocycles. The molecule has 1 rings (SSSR count). The van der Waals surface area contributed by atoms with Crippen LogP contribution in [0.2, 0.25) is 0 Å². The first kappa shape index (κ1) is 15.6. The van der Waals surface area contributed by atoms with Crippen LogP contribution in [0.3, 0.4) is 0 Å². The van der Waals surface area contributed by atoms with E-state index < -0.39 is 23.8 Å². The summed E-state index contributed by atoms with van der Waals surface area (Å²) in [6, 6.07) is 5.40. The number of carbonyl (C=O) groups is 3. The Bertz CT molecular complexity index is 495. The van der Waals surface area contributed by atoms with Crippen LogP contribution in [-0.4, -0.2) is 35.5 Å². The average Bonchev–Trinajstić information content (AvgIpc) is 2.44. The summed E-state index contributed by atoms with van der Waals surface area (Å²) in [6.45, 7) is 1.47. The summed E-state index contributed by atoms with van der Waals surface area (Å²) in [5.74, 6) is -2.73. The Hall–Kier alpha value is -2.41. The number of imide groups is 1. The molecule has 0 aliphatic heterocycles. The number of nitrogen functional groups attached to an aromatic ring is 1. The Morgan fingerprint density at radius 3 is 2.30 bits per heavy atom. The molecule has 0 heterocycles. The maximum Gasteiger partial charge on any atom is 0.316 e. The van der Waals surface area contributed by atoms with E-state index in [9.17, 15) is 14.4 Å². The molecule has 0 bridgehead atoms. The third kappa shape index (κ3) is 4.36. The van der Waals surface area contributed by atoms with Gasteiger partial charge in [-0.2, -0.15) is 0 Å². The molecule has 0 radical (unpaired) electrons. The molecule has 0 fully saturated rings. The van der Waals surface area contributed by atoms with E-state index in [-0.39, 0.29) is 12.2 Å². The van der Waals surface area contributed by atoms with Crippen LogP contribution in [0.1, 0.15) is 23.7 Å². The highest BCUT2D eigenvalue weighted by Crippen LogP contribution is 2.04. The van der Waals surface area contributed by atoms with Gasteiger partial charge in [0.1, 0.15) is 0 Å². The van der Waals surface area contributed by atoms with E-state index in [1.807, 2.05) is 5.32 Å². The van der Waals surface area contributed by atoms with Crippen molar-refractivity contribution in [3.05, 3.63) is 29.8 Å². The monoisotopic (exact) mass is 279 g/mol. The second-order valence-corrected chi connectivity index (χ2v) is 4.17. The van der Waals surface area contributed by atoms with Crippen LogP contribution < -0.4 is 16.4 Å². The highest BCUT2D eigenvalue weighted by atomic mass is 16.3. The number of hydrogen-bond donors (Lipinski definition) is 4. The molecule has 0 saturated heterocycles. The van der Waals surface area contributed by atoms with Crippen LogP contribution in [-0.2, 0) is 9.59 Å². The van der Waals surface area contributed by atoms with Gasteiger partial charge in [0.15, 0.2) is 0 Å². The van der Waals surface area contributed by atoms with Crippen molar-refractivity contribution in [2.75, 3.05) is 12.3 Å². The van der Waals surface area contributed by atoms with Gasteiger partial charge < -0.3 is 16.2 Å². The number of nitrogens with two attached hydrogens (primary N) is 1. The number of benzene rings is 1. The highest BCUT2D eigenvalue weighted by molar-refractivity contribution is 6.38. The Balaban J connectivity index is 2.59. The summed E-state index contributed by atoms with van der Waals surface area (Å²) < 4.78 is 0. The summed E-state index contributed by atoms with van der Waals surface area (Å²) in [5.41, 5.74) is 6.18. The zero-order valence-corrected chi connectivity index (χ0v) is 11.1. The van der Waals surface area contributed by atoms with Crippen LogP contribution in [0.5, 0.6) is 0 Å². The van der Waals surface area contributed by atoms with E-state index in [4.69, 9.17) is 10.8 Å². The van der Waals surface area contributed by atoms with Gasteiger partial charge in [0, 0.05) is 11.3 Å². The molecule has 1 unspecified atom stereocenters. The van der Waals surface area contributed by atoms with E-state index in [1.165, 1.54) is 24.3 Å². The lowest BCUT2D eigenvalue weighted by atomic mass is 10.2. The Morgan fingerprint density at radius 1 is 1.20 bits per heavy atom. The van der Waals surface area contributed by atoms with Gasteiger partial charge in [-0.3, -0.25) is 19.7 Å². The molecule has 5 N–H and O–H groups in total. The van der Waals surface area contributed by atoms with Gasteiger partial charge >= 0.3 is 11.8 Å². The Kier molecular flexibility index (Phi) is 5.67. The number of aliphatic hydroxyl groups excluding tert-OH is 1. The second-order valence-electron chi connectivity index (χ2n) is 4.17. The summed E-state index contributed by atoms with van der Waals surface area (Å²) in [4.78, 5) is 34.7. The maximum atomic E-state index is 11.7. The normalized spacial score (nSPS) is 11.5. The largest absolute Gasteiger partial charge is 0.399 e. The van der Waals surface area contributed by atoms with Crippen molar-refractivity contribution in [2.45, 2.75) is 19.4 Å². The summed E-state index contributed by atoms with van der Waals surface area (Å²) in [5, 5.41) is 13.2. The van der Waals surface area contributed by atoms with Crippen LogP contribution in [0.15, 0.2) is 24.3 Å². The molecular formula is C13H17N3O4. The first-order chi connectivity index (χ1) is 9.47. The van der Waals surface area contributed by atoms with Crippen molar-refractivity contribution in [1.29, 1.82) is 0 Å². The number of rotatable bonds is 4. The molecule has 7 heteroatoms. The minimum absolute atomic E-state index is 0.217. The first-order valence-electron chi connectivity index (χ1n) is 6.10. The molecule has 1 aromatic rings. The summed E-state index contributed by atoms with van der Waals surface area (Å²) in [7, 11) is 0. The molecular weight excluding hydrogens is 262 g/mol. The Morgan fingerprint density at radius 2 is 1.80 bits per heavy atom. The van der Waals surface area contributed by atoms with Crippen molar-refractivity contribution < 1.29 is 19.5 Å². The molecule has 0 spiro atoms. The number of hydrogen-bond acceptors (Lipinski definition) is 5.